The summed E-state index contributed by atoms with van der Waals surface area (Å²) in [6.45, 7) is 2.45. The van der Waals surface area contributed by atoms with Crippen LogP contribution in [-0.4, -0.2) is 29.9 Å². The third kappa shape index (κ3) is 1.70. The highest BCUT2D eigenvalue weighted by Gasteiger charge is 2.41. The predicted molar refractivity (Wildman–Crippen MR) is 54.7 cm³/mol. The lowest BCUT2D eigenvalue weighted by Gasteiger charge is -2.26. The Morgan fingerprint density at radius 3 is 3.00 bits per heavy atom. The summed E-state index contributed by atoms with van der Waals surface area (Å²) < 4.78 is 10.5. The minimum atomic E-state index is -0.929. The average Bonchev–Trinajstić information content (AvgIpc) is 2.61. The van der Waals surface area contributed by atoms with E-state index in [0.717, 1.165) is 5.56 Å². The molecule has 4 heteroatoms. The van der Waals surface area contributed by atoms with Crippen LogP contribution in [0.25, 0.3) is 0 Å². The first-order valence-corrected chi connectivity index (χ1v) is 5.00. The number of aliphatic hydroxyl groups is 1. The van der Waals surface area contributed by atoms with Gasteiger partial charge in [-0.05, 0) is 13.0 Å². The molecule has 2 atom stereocenters. The molecule has 0 spiro atoms. The van der Waals surface area contributed by atoms with Crippen LogP contribution >= 0.6 is 0 Å². The van der Waals surface area contributed by atoms with E-state index in [1.807, 2.05) is 6.92 Å². The van der Waals surface area contributed by atoms with E-state index in [9.17, 15) is 5.11 Å². The summed E-state index contributed by atoms with van der Waals surface area (Å²) in [6.07, 6.45) is 3.68. The molecule has 0 radical (unpaired) electrons. The number of aromatic nitrogens is 1. The smallest absolute Gasteiger partial charge is 0.137 e. The molecule has 82 valence electrons. The van der Waals surface area contributed by atoms with E-state index in [-0.39, 0.29) is 6.10 Å². The van der Waals surface area contributed by atoms with Crippen molar-refractivity contribution >= 4 is 0 Å². The van der Waals surface area contributed by atoms with Crippen molar-refractivity contribution < 1.29 is 14.6 Å². The largest absolute Gasteiger partial charge is 0.495 e. The number of rotatable bonds is 2. The Bertz CT molecular complexity index is 355. The Labute approximate surface area is 88.9 Å². The molecule has 2 heterocycles. The van der Waals surface area contributed by atoms with Crippen molar-refractivity contribution in [2.24, 2.45) is 0 Å². The lowest BCUT2D eigenvalue weighted by atomic mass is 9.89. The van der Waals surface area contributed by atoms with E-state index in [0.29, 0.717) is 18.8 Å². The van der Waals surface area contributed by atoms with Crippen LogP contribution in [0, 0.1) is 0 Å². The van der Waals surface area contributed by atoms with Gasteiger partial charge in [-0.2, -0.15) is 0 Å². The SMILES string of the molecule is COc1cncc(C2(O)CCOC2C)c1. The van der Waals surface area contributed by atoms with Crippen LogP contribution in [0.15, 0.2) is 18.5 Å². The number of methoxy groups -OCH3 is 1. The molecule has 1 fully saturated rings. The summed E-state index contributed by atoms with van der Waals surface area (Å²) in [5.41, 5.74) is -0.173. The van der Waals surface area contributed by atoms with E-state index >= 15 is 0 Å². The second kappa shape index (κ2) is 3.79. The molecule has 1 N–H and O–H groups in total. The highest BCUT2D eigenvalue weighted by Crippen LogP contribution is 2.36. The van der Waals surface area contributed by atoms with Crippen LogP contribution in [0.5, 0.6) is 5.75 Å². The molecule has 1 aliphatic heterocycles. The molecule has 1 saturated heterocycles. The van der Waals surface area contributed by atoms with Gasteiger partial charge in [-0.1, -0.05) is 0 Å². The first-order chi connectivity index (χ1) is 7.16. The molecule has 0 aromatic carbocycles. The van der Waals surface area contributed by atoms with Gasteiger partial charge in [-0.15, -0.1) is 0 Å². The van der Waals surface area contributed by atoms with Gasteiger partial charge in [0.05, 0.1) is 26.0 Å². The second-order valence-corrected chi connectivity index (χ2v) is 3.80. The maximum atomic E-state index is 10.4. The maximum Gasteiger partial charge on any atom is 0.137 e. The van der Waals surface area contributed by atoms with Crippen LogP contribution in [0.2, 0.25) is 0 Å². The Kier molecular flexibility index (Phi) is 2.63. The van der Waals surface area contributed by atoms with E-state index in [4.69, 9.17) is 9.47 Å². The van der Waals surface area contributed by atoms with Gasteiger partial charge in [-0.25, -0.2) is 0 Å². The molecule has 0 bridgehead atoms. The molecule has 2 rings (SSSR count). The van der Waals surface area contributed by atoms with Crippen LogP contribution < -0.4 is 4.74 Å². The molecule has 4 nitrogen and oxygen atoms in total. The van der Waals surface area contributed by atoms with Gasteiger partial charge < -0.3 is 14.6 Å². The summed E-state index contributed by atoms with van der Waals surface area (Å²) in [7, 11) is 1.58. The molecule has 1 aromatic heterocycles. The molecule has 0 saturated carbocycles. The summed E-state index contributed by atoms with van der Waals surface area (Å²) in [5.74, 6) is 0.653. The Hall–Kier alpha value is -1.13. The molecular weight excluding hydrogens is 194 g/mol. The monoisotopic (exact) mass is 209 g/mol. The molecule has 1 aromatic rings. The molecule has 1 aliphatic rings. The fourth-order valence-electron chi connectivity index (χ4n) is 1.88. The summed E-state index contributed by atoms with van der Waals surface area (Å²) in [4.78, 5) is 4.04. The van der Waals surface area contributed by atoms with Gasteiger partial charge in [0.1, 0.15) is 11.4 Å². The quantitative estimate of drug-likeness (QED) is 0.792. The van der Waals surface area contributed by atoms with Crippen molar-refractivity contribution in [1.29, 1.82) is 0 Å². The van der Waals surface area contributed by atoms with Crippen molar-refractivity contribution in [3.8, 4) is 5.75 Å². The first-order valence-electron chi connectivity index (χ1n) is 5.00. The molecule has 2 unspecified atom stereocenters. The lowest BCUT2D eigenvalue weighted by Crippen LogP contribution is -2.33. The van der Waals surface area contributed by atoms with Gasteiger partial charge in [0.15, 0.2) is 0 Å². The summed E-state index contributed by atoms with van der Waals surface area (Å²) >= 11 is 0. The zero-order valence-corrected chi connectivity index (χ0v) is 8.93. The topological polar surface area (TPSA) is 51.6 Å². The third-order valence-electron chi connectivity index (χ3n) is 2.97. The van der Waals surface area contributed by atoms with Gasteiger partial charge in [0.2, 0.25) is 0 Å². The van der Waals surface area contributed by atoms with E-state index in [1.165, 1.54) is 0 Å². The summed E-state index contributed by atoms with van der Waals surface area (Å²) in [5, 5.41) is 10.4. The van der Waals surface area contributed by atoms with Crippen LogP contribution in [-0.2, 0) is 10.3 Å². The zero-order chi connectivity index (χ0) is 10.9. The minimum Gasteiger partial charge on any atom is -0.495 e. The first kappa shape index (κ1) is 10.4. The van der Waals surface area contributed by atoms with Crippen LogP contribution in [0.1, 0.15) is 18.9 Å². The average molecular weight is 209 g/mol. The Morgan fingerprint density at radius 1 is 1.60 bits per heavy atom. The van der Waals surface area contributed by atoms with E-state index in [1.54, 1.807) is 25.6 Å². The molecule has 15 heavy (non-hydrogen) atoms. The normalized spacial score (nSPS) is 30.5. The second-order valence-electron chi connectivity index (χ2n) is 3.80. The highest BCUT2D eigenvalue weighted by atomic mass is 16.5. The highest BCUT2D eigenvalue weighted by molar-refractivity contribution is 5.29. The van der Waals surface area contributed by atoms with Gasteiger partial charge in [0.25, 0.3) is 0 Å². The van der Waals surface area contributed by atoms with Gasteiger partial charge in [-0.3, -0.25) is 4.98 Å². The molecule has 0 aliphatic carbocycles. The van der Waals surface area contributed by atoms with Crippen molar-refractivity contribution in [2.75, 3.05) is 13.7 Å². The third-order valence-corrected chi connectivity index (χ3v) is 2.97. The Balaban J connectivity index is 2.35. The minimum absolute atomic E-state index is 0.202. The van der Waals surface area contributed by atoms with Crippen molar-refractivity contribution in [3.63, 3.8) is 0 Å². The molecular formula is C11H15NO3. The summed E-state index contributed by atoms with van der Waals surface area (Å²) in [6, 6.07) is 1.80. The van der Waals surface area contributed by atoms with Crippen LogP contribution in [0.4, 0.5) is 0 Å². The number of hydrogen-bond donors (Lipinski definition) is 1. The van der Waals surface area contributed by atoms with Gasteiger partial charge in [0, 0.05) is 18.2 Å². The van der Waals surface area contributed by atoms with E-state index < -0.39 is 5.60 Å². The van der Waals surface area contributed by atoms with E-state index in [2.05, 4.69) is 4.98 Å². The number of pyridine rings is 1. The fourth-order valence-corrected chi connectivity index (χ4v) is 1.88. The Morgan fingerprint density at radius 2 is 2.40 bits per heavy atom. The molecule has 0 amide bonds. The predicted octanol–water partition coefficient (Wildman–Crippen LogP) is 1.09. The number of hydrogen-bond acceptors (Lipinski definition) is 4. The fraction of sp³-hybridized carbons (Fsp3) is 0.545. The maximum absolute atomic E-state index is 10.4. The standard InChI is InChI=1S/C11H15NO3/c1-8-11(13,3-4-15-8)9-5-10(14-2)7-12-6-9/h5-8,13H,3-4H2,1-2H3. The number of ether oxygens (including phenoxy) is 2. The zero-order valence-electron chi connectivity index (χ0n) is 8.93. The van der Waals surface area contributed by atoms with Crippen molar-refractivity contribution in [2.45, 2.75) is 25.0 Å². The van der Waals surface area contributed by atoms with Crippen molar-refractivity contribution in [1.82, 2.24) is 4.98 Å². The van der Waals surface area contributed by atoms with Crippen LogP contribution in [0.3, 0.4) is 0 Å². The van der Waals surface area contributed by atoms with Gasteiger partial charge >= 0.3 is 0 Å². The lowest BCUT2D eigenvalue weighted by molar-refractivity contribution is -0.0320. The number of nitrogens with zero attached hydrogens (tertiary/aromatic N) is 1. The van der Waals surface area contributed by atoms with Crippen molar-refractivity contribution in [3.05, 3.63) is 24.0 Å².